The van der Waals surface area contributed by atoms with Crippen molar-refractivity contribution in [3.05, 3.63) is 29.8 Å². The zero-order valence-electron chi connectivity index (χ0n) is 11.1. The molecule has 106 valence electrons. The second kappa shape index (κ2) is 6.18. The molecule has 1 saturated heterocycles. The molecule has 0 saturated carbocycles. The molecule has 1 aromatic carbocycles. The van der Waals surface area contributed by atoms with E-state index in [4.69, 9.17) is 4.74 Å². The average Bonchev–Trinajstić information content (AvgIpc) is 2.39. The highest BCUT2D eigenvalue weighted by Gasteiger charge is 2.33. The maximum Gasteiger partial charge on any atom is 0.328 e. The Labute approximate surface area is 116 Å². The van der Waals surface area contributed by atoms with E-state index >= 15 is 0 Å². The Morgan fingerprint density at radius 2 is 1.65 bits per heavy atom. The summed E-state index contributed by atoms with van der Waals surface area (Å²) in [5, 5.41) is 4.18. The summed E-state index contributed by atoms with van der Waals surface area (Å²) in [6, 6.07) is 6.74. The highest BCUT2D eigenvalue weighted by molar-refractivity contribution is 6.16. The van der Waals surface area contributed by atoms with Gasteiger partial charge in [0.25, 0.3) is 0 Å². The lowest BCUT2D eigenvalue weighted by molar-refractivity contribution is -0.136. The quantitative estimate of drug-likeness (QED) is 0.786. The normalized spacial score (nSPS) is 15.8. The summed E-state index contributed by atoms with van der Waals surface area (Å²) in [5.74, 6) is -1.11. The van der Waals surface area contributed by atoms with Crippen molar-refractivity contribution in [3.63, 3.8) is 0 Å². The lowest BCUT2D eigenvalue weighted by Gasteiger charge is -2.20. The highest BCUT2D eigenvalue weighted by Crippen LogP contribution is 2.16. The summed E-state index contributed by atoms with van der Waals surface area (Å²) in [6.07, 6.45) is 0.936. The molecular formula is C14H16N2O4. The minimum absolute atomic E-state index is 0.360. The second-order valence-electron chi connectivity index (χ2n) is 4.48. The van der Waals surface area contributed by atoms with Gasteiger partial charge in [0, 0.05) is 0 Å². The molecule has 1 aliphatic rings. The maximum absolute atomic E-state index is 11.6. The fraction of sp³-hybridized carbons (Fsp3) is 0.357. The smallest absolute Gasteiger partial charge is 0.328 e. The van der Waals surface area contributed by atoms with E-state index in [2.05, 4.69) is 10.6 Å². The monoisotopic (exact) mass is 276 g/mol. The summed E-state index contributed by atoms with van der Waals surface area (Å²) >= 11 is 0. The van der Waals surface area contributed by atoms with E-state index in [-0.39, 0.29) is 0 Å². The van der Waals surface area contributed by atoms with E-state index in [0.29, 0.717) is 19.4 Å². The van der Waals surface area contributed by atoms with Gasteiger partial charge in [0.1, 0.15) is 11.7 Å². The van der Waals surface area contributed by atoms with Gasteiger partial charge < -0.3 is 4.74 Å². The van der Waals surface area contributed by atoms with Crippen LogP contribution in [0.2, 0.25) is 0 Å². The van der Waals surface area contributed by atoms with Crippen LogP contribution >= 0.6 is 0 Å². The van der Waals surface area contributed by atoms with Crippen molar-refractivity contribution >= 4 is 17.8 Å². The van der Waals surface area contributed by atoms with Crippen LogP contribution in [0.1, 0.15) is 18.9 Å². The number of aryl methyl sites for hydroxylation is 1. The lowest BCUT2D eigenvalue weighted by atomic mass is 9.97. The van der Waals surface area contributed by atoms with Crippen LogP contribution in [0.5, 0.6) is 5.75 Å². The predicted octanol–water partition coefficient (Wildman–Crippen LogP) is 1.00. The van der Waals surface area contributed by atoms with Crippen LogP contribution in [0.25, 0.3) is 0 Å². The fourth-order valence-electron chi connectivity index (χ4n) is 2.04. The van der Waals surface area contributed by atoms with Crippen LogP contribution < -0.4 is 15.4 Å². The van der Waals surface area contributed by atoms with Gasteiger partial charge in [0.2, 0.25) is 11.8 Å². The van der Waals surface area contributed by atoms with Crippen LogP contribution in [-0.4, -0.2) is 24.5 Å². The molecule has 0 aromatic heterocycles. The molecule has 1 aliphatic heterocycles. The Morgan fingerprint density at radius 3 is 2.20 bits per heavy atom. The van der Waals surface area contributed by atoms with Crippen molar-refractivity contribution < 1.29 is 19.1 Å². The van der Waals surface area contributed by atoms with Gasteiger partial charge in [-0.1, -0.05) is 12.1 Å². The van der Waals surface area contributed by atoms with Gasteiger partial charge in [-0.15, -0.1) is 0 Å². The molecular weight excluding hydrogens is 260 g/mol. The van der Waals surface area contributed by atoms with Crippen molar-refractivity contribution in [1.82, 2.24) is 10.6 Å². The van der Waals surface area contributed by atoms with E-state index in [1.54, 1.807) is 0 Å². The zero-order chi connectivity index (χ0) is 14.5. The van der Waals surface area contributed by atoms with Crippen molar-refractivity contribution in [2.24, 2.45) is 5.92 Å². The second-order valence-corrected chi connectivity index (χ2v) is 4.48. The van der Waals surface area contributed by atoms with Gasteiger partial charge in [0.05, 0.1) is 6.61 Å². The number of nitrogens with one attached hydrogen (secondary N) is 2. The summed E-state index contributed by atoms with van der Waals surface area (Å²) in [5.41, 5.74) is 1.01. The molecule has 0 atom stereocenters. The Hall–Kier alpha value is -2.37. The molecule has 0 aliphatic carbocycles. The number of carbonyl (C=O) groups is 3. The van der Waals surface area contributed by atoms with Gasteiger partial charge in [-0.25, -0.2) is 4.79 Å². The zero-order valence-corrected chi connectivity index (χ0v) is 11.1. The minimum Gasteiger partial charge on any atom is -0.494 e. The molecule has 1 aromatic rings. The van der Waals surface area contributed by atoms with E-state index in [1.807, 2.05) is 31.2 Å². The van der Waals surface area contributed by atoms with Crippen LogP contribution in [0.15, 0.2) is 24.3 Å². The van der Waals surface area contributed by atoms with Crippen LogP contribution in [0, 0.1) is 5.92 Å². The summed E-state index contributed by atoms with van der Waals surface area (Å²) in [7, 11) is 0. The number of hydrogen-bond acceptors (Lipinski definition) is 4. The third-order valence-corrected chi connectivity index (χ3v) is 3.06. The van der Waals surface area contributed by atoms with Gasteiger partial charge in [-0.05, 0) is 37.5 Å². The van der Waals surface area contributed by atoms with Crippen molar-refractivity contribution in [2.75, 3.05) is 6.61 Å². The van der Waals surface area contributed by atoms with E-state index in [9.17, 15) is 14.4 Å². The minimum atomic E-state index is -0.820. The molecule has 0 spiro atoms. The Morgan fingerprint density at radius 1 is 1.05 bits per heavy atom. The topological polar surface area (TPSA) is 84.5 Å². The first kappa shape index (κ1) is 14.0. The largest absolute Gasteiger partial charge is 0.494 e. The van der Waals surface area contributed by atoms with Crippen molar-refractivity contribution in [3.8, 4) is 5.75 Å². The van der Waals surface area contributed by atoms with Gasteiger partial charge in [-0.3, -0.25) is 20.2 Å². The molecule has 1 fully saturated rings. The third kappa shape index (κ3) is 3.34. The number of barbiturate groups is 1. The maximum atomic E-state index is 11.6. The number of benzene rings is 1. The molecule has 20 heavy (non-hydrogen) atoms. The molecule has 0 unspecified atom stereocenters. The Balaban J connectivity index is 1.92. The summed E-state index contributed by atoms with van der Waals surface area (Å²) in [4.78, 5) is 34.1. The summed E-state index contributed by atoms with van der Waals surface area (Å²) < 4.78 is 5.34. The Bertz CT molecular complexity index is 504. The molecule has 6 heteroatoms. The van der Waals surface area contributed by atoms with E-state index < -0.39 is 23.8 Å². The Kier molecular flexibility index (Phi) is 4.34. The van der Waals surface area contributed by atoms with Crippen LogP contribution in [-0.2, 0) is 16.0 Å². The third-order valence-electron chi connectivity index (χ3n) is 3.06. The molecule has 1 heterocycles. The molecule has 2 N–H and O–H groups in total. The van der Waals surface area contributed by atoms with Gasteiger partial charge in [0.15, 0.2) is 0 Å². The first-order chi connectivity index (χ1) is 9.60. The van der Waals surface area contributed by atoms with E-state index in [0.717, 1.165) is 11.3 Å². The number of carbonyl (C=O) groups excluding carboxylic acids is 3. The van der Waals surface area contributed by atoms with Gasteiger partial charge >= 0.3 is 6.03 Å². The number of urea groups is 1. The fourth-order valence-corrected chi connectivity index (χ4v) is 2.04. The number of hydrogen-bond donors (Lipinski definition) is 2. The first-order valence-corrected chi connectivity index (χ1v) is 6.47. The van der Waals surface area contributed by atoms with Crippen LogP contribution in [0.3, 0.4) is 0 Å². The molecule has 0 bridgehead atoms. The lowest BCUT2D eigenvalue weighted by Crippen LogP contribution is -2.55. The van der Waals surface area contributed by atoms with Crippen LogP contribution in [0.4, 0.5) is 4.79 Å². The number of imide groups is 2. The number of amides is 4. The first-order valence-electron chi connectivity index (χ1n) is 6.47. The molecule has 0 radical (unpaired) electrons. The van der Waals surface area contributed by atoms with Crippen molar-refractivity contribution in [2.45, 2.75) is 19.8 Å². The standard InChI is InChI=1S/C14H16N2O4/c1-2-20-10-6-3-9(4-7-10)5-8-11-12(17)15-14(19)16-13(11)18/h3-4,6-7,11H,2,5,8H2,1H3,(H2,15,16,17,18,19). The molecule has 2 rings (SSSR count). The average molecular weight is 276 g/mol. The number of rotatable bonds is 5. The van der Waals surface area contributed by atoms with E-state index in [1.165, 1.54) is 0 Å². The van der Waals surface area contributed by atoms with Crippen molar-refractivity contribution in [1.29, 1.82) is 0 Å². The number of ether oxygens (including phenoxy) is 1. The molecule has 6 nitrogen and oxygen atoms in total. The highest BCUT2D eigenvalue weighted by atomic mass is 16.5. The SMILES string of the molecule is CCOc1ccc(CCC2C(=O)NC(=O)NC2=O)cc1. The summed E-state index contributed by atoms with van der Waals surface area (Å²) in [6.45, 7) is 2.52. The van der Waals surface area contributed by atoms with Gasteiger partial charge in [-0.2, -0.15) is 0 Å². The molecule has 4 amide bonds. The predicted molar refractivity (Wildman–Crippen MR) is 71.1 cm³/mol.